The van der Waals surface area contributed by atoms with Crippen LogP contribution < -0.4 is 0 Å². The predicted octanol–water partition coefficient (Wildman–Crippen LogP) is 2.25. The molecule has 3 heterocycles. The van der Waals surface area contributed by atoms with Crippen LogP contribution in [-0.2, 0) is 9.47 Å². The predicted molar refractivity (Wildman–Crippen MR) is 60.0 cm³/mol. The summed E-state index contributed by atoms with van der Waals surface area (Å²) in [6.07, 6.45) is 1.53. The largest absolute Gasteiger partial charge is 0.346 e. The van der Waals surface area contributed by atoms with Gasteiger partial charge in [-0.2, -0.15) is 0 Å². The molecule has 1 fully saturated rings. The van der Waals surface area contributed by atoms with Gasteiger partial charge in [0.1, 0.15) is 0 Å². The Morgan fingerprint density at radius 3 is 2.62 bits per heavy atom. The van der Waals surface area contributed by atoms with E-state index < -0.39 is 0 Å². The molecular formula is C11H10N2O2S. The van der Waals surface area contributed by atoms with E-state index in [0.29, 0.717) is 13.2 Å². The minimum Gasteiger partial charge on any atom is -0.346 e. The van der Waals surface area contributed by atoms with Crippen LogP contribution in [0, 0.1) is 0 Å². The lowest BCUT2D eigenvalue weighted by Gasteiger charge is -2.08. The van der Waals surface area contributed by atoms with Gasteiger partial charge in [-0.15, -0.1) is 11.3 Å². The average Bonchev–Trinajstić information content (AvgIpc) is 3.03. The second kappa shape index (κ2) is 4.29. The van der Waals surface area contributed by atoms with Crippen LogP contribution in [0.3, 0.4) is 0 Å². The standard InChI is InChI=1S/C11H10N2O2S/c1-2-9(10-6-16-7-13-10)12-5-8(1)11-14-3-4-15-11/h1-2,5-7,11H,3-4H2. The van der Waals surface area contributed by atoms with E-state index in [1.807, 2.05) is 17.5 Å². The molecule has 0 unspecified atom stereocenters. The van der Waals surface area contributed by atoms with Crippen molar-refractivity contribution >= 4 is 11.3 Å². The van der Waals surface area contributed by atoms with Crippen molar-refractivity contribution in [2.45, 2.75) is 6.29 Å². The van der Waals surface area contributed by atoms with Gasteiger partial charge in [0.05, 0.1) is 30.1 Å². The van der Waals surface area contributed by atoms with Crippen LogP contribution in [0.2, 0.25) is 0 Å². The fourth-order valence-electron chi connectivity index (χ4n) is 1.59. The SMILES string of the molecule is c1nc(-c2ccc(C3OCCO3)cn2)cs1. The molecular weight excluding hydrogens is 224 g/mol. The highest BCUT2D eigenvalue weighted by Crippen LogP contribution is 2.24. The number of pyridine rings is 1. The molecule has 0 bridgehead atoms. The van der Waals surface area contributed by atoms with E-state index in [0.717, 1.165) is 17.0 Å². The van der Waals surface area contributed by atoms with Crippen molar-refractivity contribution in [1.29, 1.82) is 0 Å². The van der Waals surface area contributed by atoms with E-state index in [1.165, 1.54) is 0 Å². The minimum absolute atomic E-state index is 0.253. The van der Waals surface area contributed by atoms with Crippen LogP contribution in [0.4, 0.5) is 0 Å². The van der Waals surface area contributed by atoms with Crippen molar-refractivity contribution < 1.29 is 9.47 Å². The highest BCUT2D eigenvalue weighted by molar-refractivity contribution is 7.07. The molecule has 0 radical (unpaired) electrons. The molecule has 1 aliphatic heterocycles. The highest BCUT2D eigenvalue weighted by atomic mass is 32.1. The number of rotatable bonds is 2. The zero-order valence-electron chi connectivity index (χ0n) is 8.50. The summed E-state index contributed by atoms with van der Waals surface area (Å²) in [7, 11) is 0. The molecule has 1 saturated heterocycles. The number of hydrogen-bond acceptors (Lipinski definition) is 5. The Kier molecular flexibility index (Phi) is 2.65. The first kappa shape index (κ1) is 9.89. The van der Waals surface area contributed by atoms with Crippen molar-refractivity contribution in [1.82, 2.24) is 9.97 Å². The monoisotopic (exact) mass is 234 g/mol. The lowest BCUT2D eigenvalue weighted by Crippen LogP contribution is -1.98. The second-order valence-electron chi connectivity index (χ2n) is 3.42. The third-order valence-electron chi connectivity index (χ3n) is 2.38. The van der Waals surface area contributed by atoms with Crippen molar-refractivity contribution in [3.8, 4) is 11.4 Å². The fraction of sp³-hybridized carbons (Fsp3) is 0.273. The van der Waals surface area contributed by atoms with E-state index in [4.69, 9.17) is 9.47 Å². The van der Waals surface area contributed by atoms with Crippen LogP contribution >= 0.6 is 11.3 Å². The molecule has 5 heteroatoms. The summed E-state index contributed by atoms with van der Waals surface area (Å²) in [5.41, 5.74) is 4.54. The molecule has 0 aromatic carbocycles. The van der Waals surface area contributed by atoms with Crippen LogP contribution in [0.25, 0.3) is 11.4 Å². The molecule has 0 saturated carbocycles. The Bertz CT molecular complexity index is 449. The van der Waals surface area contributed by atoms with Gasteiger partial charge < -0.3 is 9.47 Å². The van der Waals surface area contributed by atoms with Gasteiger partial charge in [0.2, 0.25) is 0 Å². The summed E-state index contributed by atoms with van der Waals surface area (Å²) in [5, 5.41) is 1.98. The third kappa shape index (κ3) is 1.84. The van der Waals surface area contributed by atoms with Gasteiger partial charge in [0, 0.05) is 17.1 Å². The third-order valence-corrected chi connectivity index (χ3v) is 2.96. The fourth-order valence-corrected chi connectivity index (χ4v) is 2.13. The lowest BCUT2D eigenvalue weighted by molar-refractivity contribution is -0.0443. The minimum atomic E-state index is -0.253. The van der Waals surface area contributed by atoms with Gasteiger partial charge in [-0.1, -0.05) is 6.07 Å². The first-order valence-electron chi connectivity index (χ1n) is 5.01. The number of thiazole rings is 1. The zero-order chi connectivity index (χ0) is 10.8. The van der Waals surface area contributed by atoms with Gasteiger partial charge in [-0.25, -0.2) is 4.98 Å². The topological polar surface area (TPSA) is 44.2 Å². The summed E-state index contributed by atoms with van der Waals surface area (Å²) in [6, 6.07) is 3.91. The summed E-state index contributed by atoms with van der Waals surface area (Å²) in [5.74, 6) is 0. The summed E-state index contributed by atoms with van der Waals surface area (Å²) >= 11 is 1.56. The maximum atomic E-state index is 5.39. The molecule has 1 aliphatic rings. The van der Waals surface area contributed by atoms with Crippen LogP contribution in [0.5, 0.6) is 0 Å². The quantitative estimate of drug-likeness (QED) is 0.799. The van der Waals surface area contributed by atoms with E-state index in [1.54, 1.807) is 23.0 Å². The number of hydrogen-bond donors (Lipinski definition) is 0. The zero-order valence-corrected chi connectivity index (χ0v) is 9.31. The molecule has 2 aromatic rings. The van der Waals surface area contributed by atoms with Crippen molar-refractivity contribution in [2.75, 3.05) is 13.2 Å². The normalized spacial score (nSPS) is 16.8. The molecule has 4 nitrogen and oxygen atoms in total. The first-order chi connectivity index (χ1) is 7.93. The number of nitrogens with zero attached hydrogens (tertiary/aromatic N) is 2. The van der Waals surface area contributed by atoms with Crippen LogP contribution in [0.15, 0.2) is 29.2 Å². The average molecular weight is 234 g/mol. The Hall–Kier alpha value is -1.30. The lowest BCUT2D eigenvalue weighted by atomic mass is 10.2. The first-order valence-corrected chi connectivity index (χ1v) is 5.95. The number of ether oxygens (including phenoxy) is 2. The van der Waals surface area contributed by atoms with E-state index in [2.05, 4.69) is 9.97 Å². The number of aromatic nitrogens is 2. The molecule has 82 valence electrons. The molecule has 0 atom stereocenters. The van der Waals surface area contributed by atoms with Gasteiger partial charge in [-0.3, -0.25) is 4.98 Å². The van der Waals surface area contributed by atoms with Gasteiger partial charge >= 0.3 is 0 Å². The molecule has 16 heavy (non-hydrogen) atoms. The van der Waals surface area contributed by atoms with Gasteiger partial charge in [0.25, 0.3) is 0 Å². The molecule has 0 N–H and O–H groups in total. The van der Waals surface area contributed by atoms with Crippen molar-refractivity contribution in [3.05, 3.63) is 34.8 Å². The smallest absolute Gasteiger partial charge is 0.185 e. The summed E-state index contributed by atoms with van der Waals surface area (Å²) < 4.78 is 10.8. The highest BCUT2D eigenvalue weighted by Gasteiger charge is 2.18. The van der Waals surface area contributed by atoms with Gasteiger partial charge in [0.15, 0.2) is 6.29 Å². The molecule has 0 spiro atoms. The Morgan fingerprint density at radius 1 is 1.12 bits per heavy atom. The van der Waals surface area contributed by atoms with Crippen LogP contribution in [-0.4, -0.2) is 23.2 Å². The summed E-state index contributed by atoms with van der Waals surface area (Å²) in [4.78, 5) is 8.56. The molecule has 0 aliphatic carbocycles. The summed E-state index contributed by atoms with van der Waals surface area (Å²) in [6.45, 7) is 1.30. The van der Waals surface area contributed by atoms with E-state index >= 15 is 0 Å². The van der Waals surface area contributed by atoms with Crippen molar-refractivity contribution in [2.24, 2.45) is 0 Å². The second-order valence-corrected chi connectivity index (χ2v) is 4.14. The molecule has 2 aromatic heterocycles. The van der Waals surface area contributed by atoms with Crippen molar-refractivity contribution in [3.63, 3.8) is 0 Å². The maximum Gasteiger partial charge on any atom is 0.185 e. The van der Waals surface area contributed by atoms with Crippen LogP contribution in [0.1, 0.15) is 11.9 Å². The Labute approximate surface area is 96.9 Å². The Morgan fingerprint density at radius 2 is 2.00 bits per heavy atom. The van der Waals surface area contributed by atoms with E-state index in [-0.39, 0.29) is 6.29 Å². The molecule has 0 amide bonds. The Balaban J connectivity index is 1.84. The van der Waals surface area contributed by atoms with E-state index in [9.17, 15) is 0 Å². The maximum absolute atomic E-state index is 5.39. The molecule has 3 rings (SSSR count). The van der Waals surface area contributed by atoms with Gasteiger partial charge in [-0.05, 0) is 6.07 Å².